The van der Waals surface area contributed by atoms with Crippen LogP contribution in [-0.2, 0) is 10.1 Å². The lowest BCUT2D eigenvalue weighted by Gasteiger charge is -2.14. The van der Waals surface area contributed by atoms with Gasteiger partial charge in [-0.25, -0.2) is 5.43 Å². The SMILES string of the molecule is CCOc1cc(/C=N/NC(=O)c2ccc(OC)c(OC)c2)cc(I)c1OS(=O)(=O)c1ccc(Cl)cc1. The Morgan fingerprint density at radius 1 is 1.03 bits per heavy atom. The van der Waals surface area contributed by atoms with Crippen LogP contribution in [0.5, 0.6) is 23.0 Å². The van der Waals surface area contributed by atoms with Crippen molar-refractivity contribution in [3.05, 3.63) is 74.3 Å². The highest BCUT2D eigenvalue weighted by atomic mass is 127. The molecule has 0 fully saturated rings. The van der Waals surface area contributed by atoms with Crippen molar-refractivity contribution < 1.29 is 31.6 Å². The zero-order valence-corrected chi connectivity index (χ0v) is 23.2. The number of benzene rings is 3. The Labute approximate surface area is 227 Å². The fourth-order valence-electron chi connectivity index (χ4n) is 2.97. The van der Waals surface area contributed by atoms with E-state index in [0.29, 0.717) is 31.2 Å². The first-order chi connectivity index (χ1) is 17.2. The van der Waals surface area contributed by atoms with Crippen molar-refractivity contribution in [2.45, 2.75) is 11.8 Å². The fraction of sp³-hybridized carbons (Fsp3) is 0.167. The van der Waals surface area contributed by atoms with E-state index in [1.807, 2.05) is 22.6 Å². The average Bonchev–Trinajstić information content (AvgIpc) is 2.86. The minimum Gasteiger partial charge on any atom is -0.493 e. The molecule has 0 heterocycles. The van der Waals surface area contributed by atoms with Crippen molar-refractivity contribution in [2.75, 3.05) is 20.8 Å². The molecular weight excluding hydrogens is 623 g/mol. The number of rotatable bonds is 10. The number of halogens is 2. The smallest absolute Gasteiger partial charge is 0.339 e. The Bertz CT molecular complexity index is 1380. The maximum absolute atomic E-state index is 12.8. The molecule has 3 rings (SSSR count). The second-order valence-electron chi connectivity index (χ2n) is 7.02. The Morgan fingerprint density at radius 2 is 1.72 bits per heavy atom. The summed E-state index contributed by atoms with van der Waals surface area (Å²) in [5.41, 5.74) is 3.31. The van der Waals surface area contributed by atoms with E-state index in [-0.39, 0.29) is 23.0 Å². The normalized spacial score (nSPS) is 11.2. The predicted octanol–water partition coefficient (Wildman–Crippen LogP) is 4.89. The molecule has 9 nitrogen and oxygen atoms in total. The molecule has 36 heavy (non-hydrogen) atoms. The summed E-state index contributed by atoms with van der Waals surface area (Å²) in [6, 6.07) is 13.6. The zero-order valence-electron chi connectivity index (χ0n) is 19.4. The number of nitrogens with zero attached hydrogens (tertiary/aromatic N) is 1. The Morgan fingerprint density at radius 3 is 2.36 bits per heavy atom. The van der Waals surface area contributed by atoms with Crippen LogP contribution in [0.2, 0.25) is 5.02 Å². The van der Waals surface area contributed by atoms with Gasteiger partial charge in [0.25, 0.3) is 5.91 Å². The quantitative estimate of drug-likeness (QED) is 0.145. The third-order valence-electron chi connectivity index (χ3n) is 4.65. The largest absolute Gasteiger partial charge is 0.493 e. The minimum atomic E-state index is -4.13. The van der Waals surface area contributed by atoms with Gasteiger partial charge in [0, 0.05) is 10.6 Å². The van der Waals surface area contributed by atoms with Gasteiger partial charge in [-0.15, -0.1) is 0 Å². The second kappa shape index (κ2) is 12.3. The van der Waals surface area contributed by atoms with Gasteiger partial charge in [-0.3, -0.25) is 4.79 Å². The van der Waals surface area contributed by atoms with Gasteiger partial charge in [0.1, 0.15) is 4.90 Å². The molecule has 3 aromatic rings. The lowest BCUT2D eigenvalue weighted by molar-refractivity contribution is 0.0954. The molecule has 0 aliphatic carbocycles. The number of nitrogens with one attached hydrogen (secondary N) is 1. The maximum Gasteiger partial charge on any atom is 0.339 e. The first-order valence-electron chi connectivity index (χ1n) is 10.4. The summed E-state index contributed by atoms with van der Waals surface area (Å²) in [5, 5.41) is 4.39. The highest BCUT2D eigenvalue weighted by molar-refractivity contribution is 14.1. The van der Waals surface area contributed by atoms with Gasteiger partial charge in [0.2, 0.25) is 0 Å². The molecule has 3 aromatic carbocycles. The van der Waals surface area contributed by atoms with E-state index in [0.717, 1.165) is 0 Å². The summed E-state index contributed by atoms with van der Waals surface area (Å²) in [6.07, 6.45) is 1.40. The molecule has 12 heteroatoms. The van der Waals surface area contributed by atoms with Crippen LogP contribution in [0.25, 0.3) is 0 Å². The molecule has 0 spiro atoms. The molecule has 0 unspecified atom stereocenters. The van der Waals surface area contributed by atoms with E-state index in [4.69, 9.17) is 30.0 Å². The molecule has 0 radical (unpaired) electrons. The molecule has 1 N–H and O–H groups in total. The minimum absolute atomic E-state index is 0.0407. The molecular formula is C24H22ClIN2O7S. The molecule has 0 aromatic heterocycles. The van der Waals surface area contributed by atoms with Crippen LogP contribution in [0.3, 0.4) is 0 Å². The molecule has 0 atom stereocenters. The fourth-order valence-corrected chi connectivity index (χ4v) is 4.94. The van der Waals surface area contributed by atoms with Crippen molar-refractivity contribution in [3.8, 4) is 23.0 Å². The van der Waals surface area contributed by atoms with E-state index in [1.54, 1.807) is 31.2 Å². The van der Waals surface area contributed by atoms with Crippen LogP contribution in [0, 0.1) is 3.57 Å². The van der Waals surface area contributed by atoms with E-state index in [1.165, 1.54) is 50.8 Å². The van der Waals surface area contributed by atoms with Gasteiger partial charge in [0.05, 0.1) is 30.6 Å². The summed E-state index contributed by atoms with van der Waals surface area (Å²) >= 11 is 7.79. The lowest BCUT2D eigenvalue weighted by Crippen LogP contribution is -2.17. The Kier molecular flexibility index (Phi) is 9.40. The van der Waals surface area contributed by atoms with E-state index in [2.05, 4.69) is 10.5 Å². The summed E-state index contributed by atoms with van der Waals surface area (Å²) in [7, 11) is -1.15. The number of methoxy groups -OCH3 is 2. The molecule has 0 saturated heterocycles. The first kappa shape index (κ1) is 27.6. The highest BCUT2D eigenvalue weighted by Crippen LogP contribution is 2.36. The van der Waals surface area contributed by atoms with E-state index in [9.17, 15) is 13.2 Å². The number of carbonyl (C=O) groups is 1. The Balaban J connectivity index is 1.80. The van der Waals surface area contributed by atoms with Crippen LogP contribution < -0.4 is 23.8 Å². The van der Waals surface area contributed by atoms with Gasteiger partial charge in [-0.1, -0.05) is 11.6 Å². The number of hydrogen-bond donors (Lipinski definition) is 1. The monoisotopic (exact) mass is 644 g/mol. The van der Waals surface area contributed by atoms with Crippen LogP contribution >= 0.6 is 34.2 Å². The van der Waals surface area contributed by atoms with Gasteiger partial charge in [0.15, 0.2) is 23.0 Å². The van der Waals surface area contributed by atoms with Crippen molar-refractivity contribution in [3.63, 3.8) is 0 Å². The van der Waals surface area contributed by atoms with Crippen LogP contribution in [0.4, 0.5) is 0 Å². The van der Waals surface area contributed by atoms with Gasteiger partial charge in [-0.05, 0) is 89.7 Å². The number of hydrazone groups is 1. The van der Waals surface area contributed by atoms with Crippen LogP contribution in [0.1, 0.15) is 22.8 Å². The standard InChI is InChI=1S/C24H22ClIN2O7S/c1-4-34-22-12-15(14-27-28-24(29)16-5-10-20(32-2)21(13-16)33-3)11-19(26)23(22)35-36(30,31)18-8-6-17(25)7-9-18/h5-14H,4H2,1-3H3,(H,28,29)/b27-14+. The summed E-state index contributed by atoms with van der Waals surface area (Å²) in [5.74, 6) is 0.694. The number of ether oxygens (including phenoxy) is 3. The third kappa shape index (κ3) is 6.80. The highest BCUT2D eigenvalue weighted by Gasteiger charge is 2.22. The van der Waals surface area contributed by atoms with Gasteiger partial charge >= 0.3 is 10.1 Å². The molecule has 0 aliphatic heterocycles. The summed E-state index contributed by atoms with van der Waals surface area (Å²) in [6.45, 7) is 2.03. The zero-order chi connectivity index (χ0) is 26.3. The predicted molar refractivity (Wildman–Crippen MR) is 144 cm³/mol. The molecule has 0 bridgehead atoms. The average molecular weight is 645 g/mol. The molecule has 0 aliphatic rings. The molecule has 1 amide bonds. The van der Waals surface area contributed by atoms with Gasteiger partial charge < -0.3 is 18.4 Å². The Hall–Kier alpha value is -3.03. The van der Waals surface area contributed by atoms with Crippen LogP contribution in [0.15, 0.2) is 64.6 Å². The van der Waals surface area contributed by atoms with Crippen molar-refractivity contribution in [1.29, 1.82) is 0 Å². The van der Waals surface area contributed by atoms with Crippen LogP contribution in [-0.4, -0.2) is 41.4 Å². The molecule has 0 saturated carbocycles. The van der Waals surface area contributed by atoms with Crippen molar-refractivity contribution in [1.82, 2.24) is 5.43 Å². The first-order valence-corrected chi connectivity index (χ1v) is 13.3. The number of carbonyl (C=O) groups excluding carboxylic acids is 1. The topological polar surface area (TPSA) is 113 Å². The van der Waals surface area contributed by atoms with Crippen molar-refractivity contribution in [2.24, 2.45) is 5.10 Å². The van der Waals surface area contributed by atoms with Crippen molar-refractivity contribution >= 4 is 56.4 Å². The second-order valence-corrected chi connectivity index (χ2v) is 10.2. The van der Waals surface area contributed by atoms with E-state index < -0.39 is 16.0 Å². The number of amides is 1. The molecule has 190 valence electrons. The van der Waals surface area contributed by atoms with Gasteiger partial charge in [-0.2, -0.15) is 13.5 Å². The van der Waals surface area contributed by atoms with E-state index >= 15 is 0 Å². The third-order valence-corrected chi connectivity index (χ3v) is 6.94. The lowest BCUT2D eigenvalue weighted by atomic mass is 10.2. The summed E-state index contributed by atoms with van der Waals surface area (Å²) < 4.78 is 47.4. The summed E-state index contributed by atoms with van der Waals surface area (Å²) in [4.78, 5) is 12.4. The number of hydrogen-bond acceptors (Lipinski definition) is 8. The maximum atomic E-state index is 12.8.